The number of ether oxygens (including phenoxy) is 1. The van der Waals surface area contributed by atoms with Gasteiger partial charge in [-0.05, 0) is 23.3 Å². The van der Waals surface area contributed by atoms with Crippen molar-refractivity contribution in [2.75, 3.05) is 5.75 Å². The lowest BCUT2D eigenvalue weighted by Crippen LogP contribution is -2.71. The molecule has 1 fully saturated rings. The fourth-order valence-electron chi connectivity index (χ4n) is 3.56. The molecule has 1 saturated heterocycles. The van der Waals surface area contributed by atoms with Gasteiger partial charge in [-0.25, -0.2) is 4.79 Å². The maximum Gasteiger partial charge on any atom is 0.356 e. The van der Waals surface area contributed by atoms with E-state index >= 15 is 0 Å². The summed E-state index contributed by atoms with van der Waals surface area (Å²) in [6.45, 7) is -0.156. The zero-order valence-electron chi connectivity index (χ0n) is 17.5. The Hall–Kier alpha value is -3.41. The van der Waals surface area contributed by atoms with E-state index in [0.717, 1.165) is 0 Å². The van der Waals surface area contributed by atoms with Gasteiger partial charge in [0, 0.05) is 17.9 Å². The minimum Gasteiger partial charge on any atom is -0.456 e. The first kappa shape index (κ1) is 23.7. The van der Waals surface area contributed by atoms with Crippen molar-refractivity contribution in [3.63, 3.8) is 0 Å². The Bertz CT molecular complexity index is 1170. The molecule has 3 atom stereocenters. The predicted octanol–water partition coefficient (Wildman–Crippen LogP) is 2.19. The van der Waals surface area contributed by atoms with E-state index in [1.807, 2.05) is 0 Å². The van der Waals surface area contributed by atoms with Gasteiger partial charge in [0.05, 0.1) is 9.96 Å². The second kappa shape index (κ2) is 9.84. The lowest BCUT2D eigenvalue weighted by atomic mass is 10.0. The molecule has 2 aromatic rings. The normalized spacial score (nSPS) is 20.2. The minimum absolute atomic E-state index is 0.0739. The van der Waals surface area contributed by atoms with Crippen molar-refractivity contribution in [1.29, 1.82) is 0 Å². The number of nitrogens with two attached hydrogens (primary N) is 1. The summed E-state index contributed by atoms with van der Waals surface area (Å²) in [5.74, 6) is -1.54. The maximum atomic E-state index is 12.8. The Morgan fingerprint density at radius 2 is 1.91 bits per heavy atom. The fraction of sp³-hybridized carbons (Fsp3) is 0.227. The van der Waals surface area contributed by atoms with Crippen LogP contribution >= 0.6 is 23.4 Å². The van der Waals surface area contributed by atoms with Crippen LogP contribution in [0.3, 0.4) is 0 Å². The first-order valence-corrected chi connectivity index (χ1v) is 11.5. The molecular weight excluding hydrogens is 484 g/mol. The summed E-state index contributed by atoms with van der Waals surface area (Å²) in [6.07, 6.45) is 0. The molecule has 1 unspecified atom stereocenters. The third-order valence-corrected chi connectivity index (χ3v) is 7.12. The number of halogens is 1. The number of nitro benzene ring substituents is 1. The van der Waals surface area contributed by atoms with E-state index in [9.17, 15) is 24.5 Å². The number of nitrogens with one attached hydrogen (secondary N) is 1. The van der Waals surface area contributed by atoms with Crippen LogP contribution in [0.1, 0.15) is 17.2 Å². The molecular formula is C22H19ClN4O6S. The van der Waals surface area contributed by atoms with Gasteiger partial charge < -0.3 is 15.8 Å². The summed E-state index contributed by atoms with van der Waals surface area (Å²) in [5, 5.41) is 13.1. The van der Waals surface area contributed by atoms with Gasteiger partial charge >= 0.3 is 5.97 Å². The average Bonchev–Trinajstić information content (AvgIpc) is 2.85. The number of nitro groups is 1. The molecule has 0 spiro atoms. The number of esters is 1. The Balaban J connectivity index is 1.39. The minimum atomic E-state index is -0.943. The molecule has 34 heavy (non-hydrogen) atoms. The number of β-lactam (4-membered cyclic amide) rings is 1. The van der Waals surface area contributed by atoms with Gasteiger partial charge in [0.15, 0.2) is 0 Å². The number of hydrogen-bond donors (Lipinski definition) is 2. The molecule has 2 aliphatic rings. The van der Waals surface area contributed by atoms with Crippen LogP contribution in [0.5, 0.6) is 0 Å². The van der Waals surface area contributed by atoms with E-state index in [1.54, 1.807) is 30.3 Å². The third-order valence-electron chi connectivity index (χ3n) is 5.37. The highest BCUT2D eigenvalue weighted by Crippen LogP contribution is 2.41. The number of carbonyl (C=O) groups excluding carboxylic acids is 3. The lowest BCUT2D eigenvalue weighted by molar-refractivity contribution is -0.384. The number of thioether (sulfide) groups is 1. The van der Waals surface area contributed by atoms with E-state index in [-0.39, 0.29) is 28.8 Å². The SMILES string of the molecule is N[C@@H](C(=O)NC1C(=O)N2C(C(=O)OCc3ccc([N+](=O)[O-])cc3)=C(Cl)CS[C@H]12)c1ccccc1. The van der Waals surface area contributed by atoms with Gasteiger partial charge in [-0.3, -0.25) is 24.6 Å². The first-order chi connectivity index (χ1) is 16.3. The quantitative estimate of drug-likeness (QED) is 0.253. The van der Waals surface area contributed by atoms with Gasteiger partial charge in [-0.2, -0.15) is 0 Å². The molecule has 2 amide bonds. The second-order valence-electron chi connectivity index (χ2n) is 7.54. The number of benzene rings is 2. The predicted molar refractivity (Wildman–Crippen MR) is 124 cm³/mol. The zero-order valence-corrected chi connectivity index (χ0v) is 19.1. The van der Waals surface area contributed by atoms with Crippen molar-refractivity contribution in [3.05, 3.63) is 86.6 Å². The van der Waals surface area contributed by atoms with Crippen LogP contribution in [-0.4, -0.2) is 44.8 Å². The number of non-ortho nitro benzene ring substituents is 1. The number of carbonyl (C=O) groups is 3. The second-order valence-corrected chi connectivity index (χ2v) is 9.10. The molecule has 2 aliphatic heterocycles. The van der Waals surface area contributed by atoms with Crippen LogP contribution < -0.4 is 11.1 Å². The van der Waals surface area contributed by atoms with Crippen LogP contribution in [0, 0.1) is 10.1 Å². The molecule has 10 nitrogen and oxygen atoms in total. The largest absolute Gasteiger partial charge is 0.456 e. The molecule has 2 heterocycles. The highest BCUT2D eigenvalue weighted by molar-refractivity contribution is 8.00. The average molecular weight is 503 g/mol. The van der Waals surface area contributed by atoms with Gasteiger partial charge in [-0.1, -0.05) is 41.9 Å². The van der Waals surface area contributed by atoms with Crippen LogP contribution in [0.4, 0.5) is 5.69 Å². The highest BCUT2D eigenvalue weighted by atomic mass is 35.5. The van der Waals surface area contributed by atoms with E-state index < -0.39 is 40.2 Å². The van der Waals surface area contributed by atoms with Crippen molar-refractivity contribution in [1.82, 2.24) is 10.2 Å². The van der Waals surface area contributed by atoms with Crippen molar-refractivity contribution < 1.29 is 24.0 Å². The van der Waals surface area contributed by atoms with Gasteiger partial charge in [0.25, 0.3) is 11.6 Å². The molecule has 0 saturated carbocycles. The van der Waals surface area contributed by atoms with E-state index in [1.165, 1.54) is 40.9 Å². The number of fused-ring (bicyclic) bond motifs is 1. The van der Waals surface area contributed by atoms with Crippen molar-refractivity contribution in [2.45, 2.75) is 24.1 Å². The molecule has 0 radical (unpaired) electrons. The summed E-state index contributed by atoms with van der Waals surface area (Å²) in [5.41, 5.74) is 7.00. The van der Waals surface area contributed by atoms with E-state index in [4.69, 9.17) is 22.1 Å². The number of hydrogen-bond acceptors (Lipinski definition) is 8. The monoisotopic (exact) mass is 502 g/mol. The summed E-state index contributed by atoms with van der Waals surface area (Å²) < 4.78 is 5.29. The molecule has 3 N–H and O–H groups in total. The topological polar surface area (TPSA) is 145 Å². The molecule has 4 rings (SSSR count). The molecule has 176 valence electrons. The molecule has 0 bridgehead atoms. The van der Waals surface area contributed by atoms with Crippen LogP contribution in [0.2, 0.25) is 0 Å². The highest BCUT2D eigenvalue weighted by Gasteiger charge is 2.54. The standard InChI is InChI=1S/C22H19ClN4O6S/c23-15-11-34-21-17(25-19(28)16(24)13-4-2-1-3-5-13)20(29)26(21)18(15)22(30)33-10-12-6-8-14(9-7-12)27(31)32/h1-9,16-17,21H,10-11,24H2,(H,25,28)/t16-,17?,21-/m1/s1. The molecule has 0 aliphatic carbocycles. The number of amides is 2. The Morgan fingerprint density at radius 3 is 2.56 bits per heavy atom. The Kier molecular flexibility index (Phi) is 6.87. The molecule has 0 aromatic heterocycles. The lowest BCUT2D eigenvalue weighted by Gasteiger charge is -2.49. The molecule has 2 aromatic carbocycles. The van der Waals surface area contributed by atoms with Gasteiger partial charge in [0.1, 0.15) is 29.8 Å². The zero-order chi connectivity index (χ0) is 24.4. The van der Waals surface area contributed by atoms with E-state index in [2.05, 4.69) is 5.32 Å². The van der Waals surface area contributed by atoms with E-state index in [0.29, 0.717) is 11.1 Å². The fourth-order valence-corrected chi connectivity index (χ4v) is 5.10. The number of rotatable bonds is 7. The van der Waals surface area contributed by atoms with Crippen molar-refractivity contribution in [3.8, 4) is 0 Å². The molecule has 12 heteroatoms. The van der Waals surface area contributed by atoms with Crippen molar-refractivity contribution in [2.24, 2.45) is 5.73 Å². The summed E-state index contributed by atoms with van der Waals surface area (Å²) in [4.78, 5) is 49.6. The summed E-state index contributed by atoms with van der Waals surface area (Å²) >= 11 is 7.55. The van der Waals surface area contributed by atoms with Gasteiger partial charge in [0.2, 0.25) is 5.91 Å². The van der Waals surface area contributed by atoms with Crippen LogP contribution in [-0.2, 0) is 25.7 Å². The summed E-state index contributed by atoms with van der Waals surface area (Å²) in [7, 11) is 0. The van der Waals surface area contributed by atoms with Crippen molar-refractivity contribution >= 4 is 46.8 Å². The third kappa shape index (κ3) is 4.63. The summed E-state index contributed by atoms with van der Waals surface area (Å²) in [6, 6.07) is 12.5. The van der Waals surface area contributed by atoms with Crippen LogP contribution in [0.15, 0.2) is 65.3 Å². The van der Waals surface area contributed by atoms with Crippen LogP contribution in [0.25, 0.3) is 0 Å². The Labute approximate surface area is 203 Å². The smallest absolute Gasteiger partial charge is 0.356 e. The first-order valence-electron chi connectivity index (χ1n) is 10.1. The Morgan fingerprint density at radius 1 is 1.24 bits per heavy atom. The maximum absolute atomic E-state index is 12.8. The number of nitrogens with zero attached hydrogens (tertiary/aromatic N) is 2. The van der Waals surface area contributed by atoms with Gasteiger partial charge in [-0.15, -0.1) is 11.8 Å².